The Labute approximate surface area is 161 Å². The molecule has 7 nitrogen and oxygen atoms in total. The highest BCUT2D eigenvalue weighted by molar-refractivity contribution is 7.80. The van der Waals surface area contributed by atoms with E-state index < -0.39 is 11.0 Å². The van der Waals surface area contributed by atoms with E-state index in [4.69, 9.17) is 12.2 Å². The number of hydrogen-bond acceptors (Lipinski definition) is 4. The molecule has 1 aliphatic rings. The van der Waals surface area contributed by atoms with Crippen molar-refractivity contribution in [3.63, 3.8) is 0 Å². The van der Waals surface area contributed by atoms with Crippen molar-refractivity contribution in [1.82, 2.24) is 10.6 Å². The minimum absolute atomic E-state index is 0.0462. The van der Waals surface area contributed by atoms with Crippen LogP contribution in [0.3, 0.4) is 0 Å². The number of carbonyl (C=O) groups excluding carboxylic acids is 1. The van der Waals surface area contributed by atoms with Crippen LogP contribution in [0.2, 0.25) is 0 Å². The molecule has 1 atom stereocenters. The first kappa shape index (κ1) is 18.5. The number of aryl methyl sites for hydroxylation is 1. The van der Waals surface area contributed by atoms with Crippen molar-refractivity contribution < 1.29 is 9.72 Å². The number of benzene rings is 2. The molecule has 3 N–H and O–H groups in total. The Morgan fingerprint density at radius 3 is 2.63 bits per heavy atom. The second-order valence-corrected chi connectivity index (χ2v) is 6.60. The van der Waals surface area contributed by atoms with E-state index in [2.05, 4.69) is 16.0 Å². The Hall–Kier alpha value is -3.26. The number of amides is 1. The number of para-hydroxylation sites is 1. The Bertz CT molecular complexity index is 971. The van der Waals surface area contributed by atoms with Crippen molar-refractivity contribution in [1.29, 1.82) is 0 Å². The van der Waals surface area contributed by atoms with Gasteiger partial charge in [-0.15, -0.1) is 0 Å². The number of hydrogen-bond donors (Lipinski definition) is 3. The fraction of sp³-hybridized carbons (Fsp3) is 0.158. The number of nitrogens with one attached hydrogen (secondary N) is 3. The number of anilines is 1. The number of thiocarbonyl (C=S) groups is 1. The van der Waals surface area contributed by atoms with Crippen LogP contribution in [0, 0.1) is 17.0 Å². The summed E-state index contributed by atoms with van der Waals surface area (Å²) in [5.41, 5.74) is 3.20. The van der Waals surface area contributed by atoms with E-state index in [1.54, 1.807) is 19.1 Å². The highest BCUT2D eigenvalue weighted by atomic mass is 32.1. The zero-order valence-corrected chi connectivity index (χ0v) is 15.6. The zero-order valence-electron chi connectivity index (χ0n) is 14.8. The lowest BCUT2D eigenvalue weighted by Crippen LogP contribution is -2.45. The molecule has 0 saturated heterocycles. The molecule has 0 aliphatic carbocycles. The Kier molecular flexibility index (Phi) is 5.18. The van der Waals surface area contributed by atoms with Crippen molar-refractivity contribution in [2.75, 3.05) is 5.32 Å². The van der Waals surface area contributed by atoms with Crippen molar-refractivity contribution >= 4 is 34.6 Å². The first-order valence-electron chi connectivity index (χ1n) is 8.26. The van der Waals surface area contributed by atoms with Crippen LogP contribution in [0.15, 0.2) is 59.8 Å². The van der Waals surface area contributed by atoms with E-state index in [-0.39, 0.29) is 11.6 Å². The molecule has 2 aromatic carbocycles. The maximum atomic E-state index is 13.0. The molecule has 138 valence electrons. The summed E-state index contributed by atoms with van der Waals surface area (Å²) in [7, 11) is 0. The van der Waals surface area contributed by atoms with Gasteiger partial charge in [0.05, 0.1) is 16.5 Å². The molecule has 27 heavy (non-hydrogen) atoms. The van der Waals surface area contributed by atoms with E-state index >= 15 is 0 Å². The third kappa shape index (κ3) is 3.95. The number of rotatable bonds is 4. The molecule has 0 saturated carbocycles. The molecule has 2 aromatic rings. The fourth-order valence-electron chi connectivity index (χ4n) is 2.97. The van der Waals surface area contributed by atoms with E-state index in [0.717, 1.165) is 5.56 Å². The topological polar surface area (TPSA) is 96.3 Å². The van der Waals surface area contributed by atoms with Crippen LogP contribution in [0.1, 0.15) is 24.1 Å². The van der Waals surface area contributed by atoms with Crippen LogP contribution in [0.5, 0.6) is 0 Å². The van der Waals surface area contributed by atoms with Crippen LogP contribution >= 0.6 is 12.2 Å². The van der Waals surface area contributed by atoms with Crippen molar-refractivity contribution in [2.45, 2.75) is 19.9 Å². The Morgan fingerprint density at radius 1 is 1.19 bits per heavy atom. The highest BCUT2D eigenvalue weighted by Crippen LogP contribution is 2.30. The van der Waals surface area contributed by atoms with Gasteiger partial charge in [0.25, 0.3) is 11.6 Å². The van der Waals surface area contributed by atoms with Gasteiger partial charge in [0.15, 0.2) is 5.11 Å². The number of allylic oxidation sites excluding steroid dienone is 1. The summed E-state index contributed by atoms with van der Waals surface area (Å²) < 4.78 is 0. The van der Waals surface area contributed by atoms with Gasteiger partial charge >= 0.3 is 0 Å². The van der Waals surface area contributed by atoms with E-state index in [0.29, 0.717) is 27.6 Å². The molecule has 1 aliphatic heterocycles. The monoisotopic (exact) mass is 382 g/mol. The predicted molar refractivity (Wildman–Crippen MR) is 107 cm³/mol. The van der Waals surface area contributed by atoms with Gasteiger partial charge in [0.2, 0.25) is 0 Å². The quantitative estimate of drug-likeness (QED) is 0.426. The smallest absolute Gasteiger partial charge is 0.269 e. The standard InChI is InChI=1S/C19H18N4O3S/c1-11-6-3-4-9-15(11)21-18(24)16-12(2)20-19(27)22-17(16)13-7-5-8-14(10-13)23(25)26/h3-10,17H,1-2H3,(H,21,24)(H2,20,22,27)/t17-/m0/s1. The van der Waals surface area contributed by atoms with Crippen LogP contribution in [0.4, 0.5) is 11.4 Å². The summed E-state index contributed by atoms with van der Waals surface area (Å²) in [6.07, 6.45) is 0. The predicted octanol–water partition coefficient (Wildman–Crippen LogP) is 3.33. The van der Waals surface area contributed by atoms with Crippen molar-refractivity contribution in [2.24, 2.45) is 0 Å². The van der Waals surface area contributed by atoms with Crippen molar-refractivity contribution in [3.8, 4) is 0 Å². The molecular weight excluding hydrogens is 364 g/mol. The van der Waals surface area contributed by atoms with Crippen LogP contribution in [0.25, 0.3) is 0 Å². The first-order chi connectivity index (χ1) is 12.9. The molecule has 0 radical (unpaired) electrons. The molecule has 0 bridgehead atoms. The van der Waals surface area contributed by atoms with Gasteiger partial charge in [-0.25, -0.2) is 0 Å². The van der Waals surface area contributed by atoms with Crippen LogP contribution < -0.4 is 16.0 Å². The minimum Gasteiger partial charge on any atom is -0.351 e. The van der Waals surface area contributed by atoms with Gasteiger partial charge in [-0.3, -0.25) is 14.9 Å². The molecule has 0 aromatic heterocycles. The normalized spacial score (nSPS) is 16.4. The lowest BCUT2D eigenvalue weighted by Gasteiger charge is -2.30. The Balaban J connectivity index is 1.99. The van der Waals surface area contributed by atoms with Crippen LogP contribution in [-0.4, -0.2) is 15.9 Å². The molecule has 0 fully saturated rings. The zero-order chi connectivity index (χ0) is 19.6. The lowest BCUT2D eigenvalue weighted by atomic mass is 9.94. The first-order valence-corrected chi connectivity index (χ1v) is 8.67. The third-order valence-electron chi connectivity index (χ3n) is 4.32. The molecule has 3 rings (SSSR count). The summed E-state index contributed by atoms with van der Waals surface area (Å²) in [4.78, 5) is 23.7. The summed E-state index contributed by atoms with van der Waals surface area (Å²) in [6, 6.07) is 13.0. The number of non-ortho nitro benzene ring substituents is 1. The molecular formula is C19H18N4O3S. The van der Waals surface area contributed by atoms with Gasteiger partial charge in [-0.05, 0) is 43.3 Å². The fourth-order valence-corrected chi connectivity index (χ4v) is 3.24. The number of nitrogens with zero attached hydrogens (tertiary/aromatic N) is 1. The maximum Gasteiger partial charge on any atom is 0.269 e. The van der Waals surface area contributed by atoms with Gasteiger partial charge < -0.3 is 16.0 Å². The van der Waals surface area contributed by atoms with E-state index in [1.165, 1.54) is 12.1 Å². The van der Waals surface area contributed by atoms with E-state index in [9.17, 15) is 14.9 Å². The largest absolute Gasteiger partial charge is 0.351 e. The summed E-state index contributed by atoms with van der Waals surface area (Å²) in [5.74, 6) is -0.305. The Morgan fingerprint density at radius 2 is 1.93 bits per heavy atom. The molecule has 1 heterocycles. The lowest BCUT2D eigenvalue weighted by molar-refractivity contribution is -0.384. The van der Waals surface area contributed by atoms with Crippen molar-refractivity contribution in [3.05, 3.63) is 81.0 Å². The molecule has 0 spiro atoms. The summed E-state index contributed by atoms with van der Waals surface area (Å²) in [6.45, 7) is 3.66. The van der Waals surface area contributed by atoms with E-state index in [1.807, 2.05) is 31.2 Å². The van der Waals surface area contributed by atoms with Gasteiger partial charge in [0.1, 0.15) is 0 Å². The van der Waals surface area contributed by atoms with Crippen LogP contribution in [-0.2, 0) is 4.79 Å². The molecule has 8 heteroatoms. The number of carbonyl (C=O) groups is 1. The SMILES string of the molecule is CC1=C(C(=O)Nc2ccccc2C)[C@H](c2cccc([N+](=O)[O-])c2)NC(=S)N1. The number of nitro benzene ring substituents is 1. The molecule has 0 unspecified atom stereocenters. The van der Waals surface area contributed by atoms with Gasteiger partial charge in [-0.1, -0.05) is 30.3 Å². The maximum absolute atomic E-state index is 13.0. The average Bonchev–Trinajstić information content (AvgIpc) is 2.63. The number of nitro groups is 1. The third-order valence-corrected chi connectivity index (χ3v) is 4.54. The second kappa shape index (κ2) is 7.55. The second-order valence-electron chi connectivity index (χ2n) is 6.19. The summed E-state index contributed by atoms with van der Waals surface area (Å²) >= 11 is 5.21. The molecule has 1 amide bonds. The van der Waals surface area contributed by atoms with Gasteiger partial charge in [0, 0.05) is 23.5 Å². The minimum atomic E-state index is -0.595. The summed E-state index contributed by atoms with van der Waals surface area (Å²) in [5, 5.41) is 20.4. The van der Waals surface area contributed by atoms with Gasteiger partial charge in [-0.2, -0.15) is 0 Å². The highest BCUT2D eigenvalue weighted by Gasteiger charge is 2.30. The average molecular weight is 382 g/mol.